The summed E-state index contributed by atoms with van der Waals surface area (Å²) in [4.78, 5) is 12.3. The molecule has 1 aliphatic carbocycles. The lowest BCUT2D eigenvalue weighted by Crippen LogP contribution is -2.50. The molecule has 1 saturated heterocycles. The lowest BCUT2D eigenvalue weighted by molar-refractivity contribution is -0.124. The Bertz CT molecular complexity index is 463. The summed E-state index contributed by atoms with van der Waals surface area (Å²) in [7, 11) is 0. The smallest absolute Gasteiger partial charge is 0.228 e. The van der Waals surface area contributed by atoms with Crippen LogP contribution in [0.1, 0.15) is 30.4 Å². The normalized spacial score (nSPS) is 28.6. The molecule has 0 bridgehead atoms. The number of amides is 1. The van der Waals surface area contributed by atoms with Gasteiger partial charge in [-0.3, -0.25) is 4.79 Å². The Labute approximate surface area is 120 Å². The summed E-state index contributed by atoms with van der Waals surface area (Å²) in [5.74, 6) is 0.828. The first kappa shape index (κ1) is 14.4. The molecule has 0 radical (unpaired) electrons. The highest BCUT2D eigenvalue weighted by Crippen LogP contribution is 2.35. The van der Waals surface area contributed by atoms with E-state index in [2.05, 4.69) is 29.7 Å². The van der Waals surface area contributed by atoms with Crippen molar-refractivity contribution >= 4 is 18.3 Å². The molecule has 4 heteroatoms. The first-order valence-corrected chi connectivity index (χ1v) is 6.84. The molecule has 19 heavy (non-hydrogen) atoms. The number of halogens is 1. The number of carbonyl (C=O) groups is 1. The average molecular weight is 281 g/mol. The highest BCUT2D eigenvalue weighted by Gasteiger charge is 2.33. The predicted molar refractivity (Wildman–Crippen MR) is 78.7 cm³/mol. The van der Waals surface area contributed by atoms with Gasteiger partial charge in [-0.15, -0.1) is 12.4 Å². The van der Waals surface area contributed by atoms with Gasteiger partial charge in [0.1, 0.15) is 0 Å². The average Bonchev–Trinajstić information content (AvgIpc) is 2.34. The van der Waals surface area contributed by atoms with Crippen molar-refractivity contribution in [3.05, 3.63) is 35.4 Å². The van der Waals surface area contributed by atoms with Crippen LogP contribution in [0.15, 0.2) is 24.3 Å². The second-order valence-electron chi connectivity index (χ2n) is 5.54. The second-order valence-corrected chi connectivity index (χ2v) is 5.54. The van der Waals surface area contributed by atoms with Gasteiger partial charge in [0.15, 0.2) is 0 Å². The summed E-state index contributed by atoms with van der Waals surface area (Å²) in [6.45, 7) is 4.22. The van der Waals surface area contributed by atoms with E-state index in [-0.39, 0.29) is 24.2 Å². The van der Waals surface area contributed by atoms with E-state index in [1.54, 1.807) is 0 Å². The van der Waals surface area contributed by atoms with Gasteiger partial charge in [0.25, 0.3) is 0 Å². The second kappa shape index (κ2) is 5.93. The molecule has 2 aliphatic rings. The Balaban J connectivity index is 0.00000133. The number of benzene rings is 1. The number of carbonyl (C=O) groups excluding carboxylic acids is 1. The predicted octanol–water partition coefficient (Wildman–Crippen LogP) is 1.86. The molecular weight excluding hydrogens is 260 g/mol. The third-order valence-corrected chi connectivity index (χ3v) is 4.28. The van der Waals surface area contributed by atoms with Crippen molar-refractivity contribution in [2.24, 2.45) is 5.92 Å². The van der Waals surface area contributed by atoms with Crippen molar-refractivity contribution in [2.45, 2.75) is 31.7 Å². The molecule has 0 saturated carbocycles. The first-order valence-electron chi connectivity index (χ1n) is 6.84. The van der Waals surface area contributed by atoms with E-state index < -0.39 is 0 Å². The van der Waals surface area contributed by atoms with E-state index >= 15 is 0 Å². The quantitative estimate of drug-likeness (QED) is 0.868. The maximum atomic E-state index is 12.3. The van der Waals surface area contributed by atoms with Gasteiger partial charge in [-0.05, 0) is 43.0 Å². The Morgan fingerprint density at radius 2 is 2.16 bits per heavy atom. The molecule has 0 spiro atoms. The monoisotopic (exact) mass is 280 g/mol. The number of fused-ring (bicyclic) bond motifs is 1. The number of hydrogen-bond donors (Lipinski definition) is 2. The zero-order chi connectivity index (χ0) is 12.5. The Kier molecular flexibility index (Phi) is 4.48. The van der Waals surface area contributed by atoms with Crippen LogP contribution in [0, 0.1) is 5.92 Å². The summed E-state index contributed by atoms with van der Waals surface area (Å²) in [5, 5.41) is 6.59. The van der Waals surface area contributed by atoms with Crippen LogP contribution in [-0.2, 0) is 11.2 Å². The number of hydrogen-bond acceptors (Lipinski definition) is 2. The summed E-state index contributed by atoms with van der Waals surface area (Å²) >= 11 is 0. The van der Waals surface area contributed by atoms with Crippen molar-refractivity contribution in [3.8, 4) is 0 Å². The van der Waals surface area contributed by atoms with E-state index in [0.29, 0.717) is 12.0 Å². The zero-order valence-corrected chi connectivity index (χ0v) is 12.0. The lowest BCUT2D eigenvalue weighted by atomic mass is 9.77. The molecule has 0 aromatic heterocycles. The fourth-order valence-corrected chi connectivity index (χ4v) is 3.00. The highest BCUT2D eigenvalue weighted by atomic mass is 35.5. The molecule has 3 nitrogen and oxygen atoms in total. The van der Waals surface area contributed by atoms with Gasteiger partial charge in [0, 0.05) is 6.04 Å². The minimum Gasteiger partial charge on any atom is -0.352 e. The maximum Gasteiger partial charge on any atom is 0.228 e. The third-order valence-electron chi connectivity index (χ3n) is 4.28. The van der Waals surface area contributed by atoms with Crippen LogP contribution in [0.3, 0.4) is 0 Å². The Hall–Kier alpha value is -1.06. The number of piperidine rings is 1. The van der Waals surface area contributed by atoms with E-state index in [1.165, 1.54) is 11.1 Å². The lowest BCUT2D eigenvalue weighted by Gasteiger charge is -2.34. The molecule has 1 fully saturated rings. The molecule has 1 aromatic carbocycles. The van der Waals surface area contributed by atoms with Gasteiger partial charge in [-0.1, -0.05) is 31.2 Å². The highest BCUT2D eigenvalue weighted by molar-refractivity contribution is 5.87. The van der Waals surface area contributed by atoms with Gasteiger partial charge < -0.3 is 10.6 Å². The van der Waals surface area contributed by atoms with Crippen LogP contribution in [0.2, 0.25) is 0 Å². The van der Waals surface area contributed by atoms with Crippen molar-refractivity contribution in [2.75, 3.05) is 13.1 Å². The van der Waals surface area contributed by atoms with E-state index in [4.69, 9.17) is 0 Å². The van der Waals surface area contributed by atoms with Crippen LogP contribution < -0.4 is 10.6 Å². The maximum absolute atomic E-state index is 12.3. The van der Waals surface area contributed by atoms with Crippen LogP contribution in [0.4, 0.5) is 0 Å². The van der Waals surface area contributed by atoms with Crippen molar-refractivity contribution in [1.29, 1.82) is 0 Å². The van der Waals surface area contributed by atoms with Gasteiger partial charge in [0.05, 0.1) is 5.92 Å². The first-order chi connectivity index (χ1) is 8.75. The largest absolute Gasteiger partial charge is 0.352 e. The van der Waals surface area contributed by atoms with Crippen LogP contribution in [0.5, 0.6) is 0 Å². The Morgan fingerprint density at radius 1 is 1.37 bits per heavy atom. The van der Waals surface area contributed by atoms with Crippen LogP contribution in [0.25, 0.3) is 0 Å². The van der Waals surface area contributed by atoms with Crippen molar-refractivity contribution in [1.82, 2.24) is 10.6 Å². The topological polar surface area (TPSA) is 41.1 Å². The summed E-state index contributed by atoms with van der Waals surface area (Å²) in [5.41, 5.74) is 2.55. The van der Waals surface area contributed by atoms with Gasteiger partial charge in [-0.25, -0.2) is 0 Å². The molecule has 3 rings (SSSR count). The van der Waals surface area contributed by atoms with Gasteiger partial charge in [-0.2, -0.15) is 0 Å². The minimum absolute atomic E-state index is 0. The van der Waals surface area contributed by atoms with Crippen LogP contribution >= 0.6 is 12.4 Å². The van der Waals surface area contributed by atoms with Crippen molar-refractivity contribution < 1.29 is 4.79 Å². The Morgan fingerprint density at radius 3 is 2.89 bits per heavy atom. The fraction of sp³-hybridized carbons (Fsp3) is 0.533. The molecule has 2 N–H and O–H groups in total. The molecule has 1 amide bonds. The number of rotatable bonds is 2. The van der Waals surface area contributed by atoms with Gasteiger partial charge in [0.2, 0.25) is 5.91 Å². The molecule has 104 valence electrons. The van der Waals surface area contributed by atoms with Gasteiger partial charge >= 0.3 is 0 Å². The van der Waals surface area contributed by atoms with Crippen molar-refractivity contribution in [3.63, 3.8) is 0 Å². The standard InChI is InChI=1S/C15H20N2O.ClH/c1-10-9-16-7-6-14(10)17-15(18)13-8-11-4-2-3-5-12(11)13;/h2-5,10,13-14,16H,6-9H2,1H3,(H,17,18);1H. The van der Waals surface area contributed by atoms with E-state index in [0.717, 1.165) is 25.9 Å². The number of nitrogens with one attached hydrogen (secondary N) is 2. The fourth-order valence-electron chi connectivity index (χ4n) is 3.00. The zero-order valence-electron chi connectivity index (χ0n) is 11.2. The summed E-state index contributed by atoms with van der Waals surface area (Å²) < 4.78 is 0. The van der Waals surface area contributed by atoms with E-state index in [9.17, 15) is 4.79 Å². The molecule has 1 heterocycles. The molecule has 3 unspecified atom stereocenters. The van der Waals surface area contributed by atoms with Crippen LogP contribution in [-0.4, -0.2) is 25.0 Å². The molecular formula is C15H21ClN2O. The third kappa shape index (κ3) is 2.77. The molecule has 1 aromatic rings. The molecule has 1 aliphatic heterocycles. The SMILES string of the molecule is CC1CNCCC1NC(=O)C1Cc2ccccc21.Cl. The minimum atomic E-state index is 0. The summed E-state index contributed by atoms with van der Waals surface area (Å²) in [6.07, 6.45) is 1.95. The van der Waals surface area contributed by atoms with E-state index in [1.807, 2.05) is 12.1 Å². The summed E-state index contributed by atoms with van der Waals surface area (Å²) in [6, 6.07) is 8.60. The molecule has 3 atom stereocenters.